The van der Waals surface area contributed by atoms with E-state index >= 15 is 0 Å². The van der Waals surface area contributed by atoms with Crippen LogP contribution in [0, 0.1) is 11.8 Å². The van der Waals surface area contributed by atoms with Gasteiger partial charge in [-0.1, -0.05) is 53.4 Å². The summed E-state index contributed by atoms with van der Waals surface area (Å²) in [6.45, 7) is 8.61. The maximum Gasteiger partial charge on any atom is 0.303 e. The molecule has 0 heterocycles. The van der Waals surface area contributed by atoms with Gasteiger partial charge in [-0.3, -0.25) is 9.59 Å². The van der Waals surface area contributed by atoms with Gasteiger partial charge in [-0.05, 0) is 24.7 Å². The molecule has 0 atom stereocenters. The van der Waals surface area contributed by atoms with Crippen LogP contribution in [0.3, 0.4) is 0 Å². The van der Waals surface area contributed by atoms with Crippen LogP contribution in [0.4, 0.5) is 0 Å². The Morgan fingerprint density at radius 2 is 1.00 bits per heavy atom. The minimum absolute atomic E-state index is 0. The van der Waals surface area contributed by atoms with Crippen molar-refractivity contribution in [2.24, 2.45) is 11.8 Å². The van der Waals surface area contributed by atoms with Crippen molar-refractivity contribution >= 4 is 11.9 Å². The molecule has 5 heteroatoms. The molecular weight excluding hydrogens is 315 g/mol. The molecule has 21 heavy (non-hydrogen) atoms. The second-order valence-electron chi connectivity index (χ2n) is 6.07. The van der Waals surface area contributed by atoms with E-state index in [9.17, 15) is 9.59 Å². The topological polar surface area (TPSA) is 74.6 Å². The van der Waals surface area contributed by atoms with Crippen LogP contribution in [0.25, 0.3) is 0 Å². The Hall–Kier alpha value is -0.554. The van der Waals surface area contributed by atoms with Crippen LogP contribution in [0.2, 0.25) is 0 Å². The van der Waals surface area contributed by atoms with E-state index in [2.05, 4.69) is 27.7 Å². The Morgan fingerprint density at radius 3 is 1.19 bits per heavy atom. The molecular formula is C16H32CoO4. The third-order valence-electron chi connectivity index (χ3n) is 2.84. The summed E-state index contributed by atoms with van der Waals surface area (Å²) in [7, 11) is 0. The molecule has 0 rings (SSSR count). The van der Waals surface area contributed by atoms with Crippen LogP contribution >= 0.6 is 0 Å². The zero-order chi connectivity index (χ0) is 16.0. The number of unbranched alkanes of at least 4 members (excludes halogenated alkanes) is 2. The molecule has 0 amide bonds. The molecule has 0 aliphatic carbocycles. The summed E-state index contributed by atoms with van der Waals surface area (Å²) in [4.78, 5) is 20.1. The van der Waals surface area contributed by atoms with Crippen LogP contribution in [0.15, 0.2) is 0 Å². The van der Waals surface area contributed by atoms with Gasteiger partial charge in [-0.15, -0.1) is 0 Å². The largest absolute Gasteiger partial charge is 0.481 e. The molecule has 1 radical (unpaired) electrons. The summed E-state index contributed by atoms with van der Waals surface area (Å²) in [6.07, 6.45) is 6.69. The minimum atomic E-state index is -0.677. The fourth-order valence-corrected chi connectivity index (χ4v) is 1.66. The molecule has 4 nitrogen and oxygen atoms in total. The summed E-state index contributed by atoms with van der Waals surface area (Å²) >= 11 is 0. The van der Waals surface area contributed by atoms with Gasteiger partial charge in [0.1, 0.15) is 0 Å². The Bertz CT molecular complexity index is 227. The molecule has 2 N–H and O–H groups in total. The summed E-state index contributed by atoms with van der Waals surface area (Å²) in [5.41, 5.74) is 0. The van der Waals surface area contributed by atoms with Gasteiger partial charge in [0.15, 0.2) is 0 Å². The molecule has 0 bridgehead atoms. The van der Waals surface area contributed by atoms with Gasteiger partial charge < -0.3 is 10.2 Å². The van der Waals surface area contributed by atoms with Crippen molar-refractivity contribution < 1.29 is 36.6 Å². The van der Waals surface area contributed by atoms with E-state index in [4.69, 9.17) is 10.2 Å². The number of hydrogen-bond donors (Lipinski definition) is 2. The summed E-state index contributed by atoms with van der Waals surface area (Å²) in [6, 6.07) is 0. The monoisotopic (exact) mass is 347 g/mol. The average molecular weight is 347 g/mol. The normalized spacial score (nSPS) is 9.81. The summed E-state index contributed by atoms with van der Waals surface area (Å²) < 4.78 is 0. The molecule has 0 aromatic carbocycles. The van der Waals surface area contributed by atoms with Crippen molar-refractivity contribution in [2.75, 3.05) is 0 Å². The van der Waals surface area contributed by atoms with Crippen LogP contribution in [-0.4, -0.2) is 22.2 Å². The van der Waals surface area contributed by atoms with Crippen molar-refractivity contribution in [1.29, 1.82) is 0 Å². The second-order valence-corrected chi connectivity index (χ2v) is 6.07. The zero-order valence-electron chi connectivity index (χ0n) is 13.9. The first-order valence-corrected chi connectivity index (χ1v) is 7.69. The molecule has 0 saturated carbocycles. The van der Waals surface area contributed by atoms with E-state index in [0.717, 1.165) is 38.5 Å². The van der Waals surface area contributed by atoms with Crippen LogP contribution in [0.5, 0.6) is 0 Å². The van der Waals surface area contributed by atoms with Gasteiger partial charge in [-0.25, -0.2) is 0 Å². The SMILES string of the molecule is CC(C)CCCCC(=O)O.CC(C)CCCCC(=O)O.[Co]. The quantitative estimate of drug-likeness (QED) is 0.568. The number of rotatable bonds is 10. The molecule has 129 valence electrons. The number of hydrogen-bond acceptors (Lipinski definition) is 2. The van der Waals surface area contributed by atoms with Crippen molar-refractivity contribution in [3.05, 3.63) is 0 Å². The molecule has 0 unspecified atom stereocenters. The molecule has 0 spiro atoms. The van der Waals surface area contributed by atoms with Gasteiger partial charge in [0, 0.05) is 29.6 Å². The molecule has 0 fully saturated rings. The number of carboxylic acid groups (broad SMARTS) is 2. The van der Waals surface area contributed by atoms with Gasteiger partial charge in [-0.2, -0.15) is 0 Å². The average Bonchev–Trinajstić information content (AvgIpc) is 2.30. The summed E-state index contributed by atoms with van der Waals surface area (Å²) in [5.74, 6) is 0.0510. The Balaban J connectivity index is -0.000000295. The van der Waals surface area contributed by atoms with Crippen molar-refractivity contribution in [2.45, 2.75) is 79.1 Å². The van der Waals surface area contributed by atoms with Gasteiger partial charge in [0.2, 0.25) is 0 Å². The van der Waals surface area contributed by atoms with Crippen LogP contribution < -0.4 is 0 Å². The van der Waals surface area contributed by atoms with Gasteiger partial charge in [0.25, 0.3) is 0 Å². The van der Waals surface area contributed by atoms with E-state index in [0.29, 0.717) is 24.7 Å². The Kier molecular flexibility index (Phi) is 21.2. The fraction of sp³-hybridized carbons (Fsp3) is 0.875. The Morgan fingerprint density at radius 1 is 0.714 bits per heavy atom. The van der Waals surface area contributed by atoms with Gasteiger partial charge in [0.05, 0.1) is 0 Å². The van der Waals surface area contributed by atoms with E-state index in [1.54, 1.807) is 0 Å². The smallest absolute Gasteiger partial charge is 0.303 e. The van der Waals surface area contributed by atoms with Crippen LogP contribution in [0.1, 0.15) is 79.1 Å². The van der Waals surface area contributed by atoms with Crippen molar-refractivity contribution in [1.82, 2.24) is 0 Å². The third-order valence-corrected chi connectivity index (χ3v) is 2.84. The first kappa shape index (κ1) is 25.4. The third kappa shape index (κ3) is 32.7. The van der Waals surface area contributed by atoms with Crippen LogP contribution in [-0.2, 0) is 26.4 Å². The molecule has 0 aromatic heterocycles. The predicted octanol–water partition coefficient (Wildman–Crippen LogP) is 4.57. The molecule has 0 aliphatic rings. The zero-order valence-corrected chi connectivity index (χ0v) is 14.9. The first-order valence-electron chi connectivity index (χ1n) is 7.69. The standard InChI is InChI=1S/2C8H16O2.Co/c2*1-7(2)5-3-4-6-8(9)10;/h2*7H,3-6H2,1-2H3,(H,9,10);. The van der Waals surface area contributed by atoms with E-state index in [-0.39, 0.29) is 16.8 Å². The minimum Gasteiger partial charge on any atom is -0.481 e. The summed E-state index contributed by atoms with van der Waals surface area (Å²) in [5, 5.41) is 16.6. The van der Waals surface area contributed by atoms with Crippen molar-refractivity contribution in [3.8, 4) is 0 Å². The maximum absolute atomic E-state index is 10.0. The van der Waals surface area contributed by atoms with E-state index in [1.165, 1.54) is 0 Å². The maximum atomic E-state index is 10.0. The fourth-order valence-electron chi connectivity index (χ4n) is 1.66. The number of carbonyl (C=O) groups is 2. The van der Waals surface area contributed by atoms with E-state index in [1.807, 2.05) is 0 Å². The first-order chi connectivity index (χ1) is 9.25. The van der Waals surface area contributed by atoms with E-state index < -0.39 is 11.9 Å². The number of aliphatic carboxylic acids is 2. The second kappa shape index (κ2) is 17.5. The molecule has 0 saturated heterocycles. The number of carboxylic acids is 2. The molecule has 0 aliphatic heterocycles. The van der Waals surface area contributed by atoms with Crippen molar-refractivity contribution in [3.63, 3.8) is 0 Å². The Labute approximate surface area is 139 Å². The molecule has 0 aromatic rings. The predicted molar refractivity (Wildman–Crippen MR) is 81.9 cm³/mol. The van der Waals surface area contributed by atoms with Gasteiger partial charge >= 0.3 is 11.9 Å².